The van der Waals surface area contributed by atoms with Crippen LogP contribution in [0.4, 0.5) is 0 Å². The highest BCUT2D eigenvalue weighted by Crippen LogP contribution is 2.30. The van der Waals surface area contributed by atoms with E-state index in [0.717, 1.165) is 11.3 Å². The second-order valence-corrected chi connectivity index (χ2v) is 3.57. The van der Waals surface area contributed by atoms with Crippen LogP contribution in [0.15, 0.2) is 18.2 Å². The third-order valence-corrected chi connectivity index (χ3v) is 2.20. The predicted molar refractivity (Wildman–Crippen MR) is 52.3 cm³/mol. The number of ether oxygens (including phenoxy) is 1. The molecule has 0 radical (unpaired) electrons. The van der Waals surface area contributed by atoms with Crippen molar-refractivity contribution >= 4 is 23.2 Å². The van der Waals surface area contributed by atoms with Crippen molar-refractivity contribution in [3.05, 3.63) is 28.8 Å². The summed E-state index contributed by atoms with van der Waals surface area (Å²) in [5.74, 6) is 0.751. The van der Waals surface area contributed by atoms with Gasteiger partial charge in [0, 0.05) is 5.02 Å². The van der Waals surface area contributed by atoms with Crippen LogP contribution in [0.2, 0.25) is 5.02 Å². The summed E-state index contributed by atoms with van der Waals surface area (Å²) < 4.78 is 5.00. The number of hydrogen-bond acceptors (Lipinski definition) is 1. The molecule has 0 saturated heterocycles. The topological polar surface area (TPSA) is 9.23 Å². The average molecular weight is 205 g/mol. The maximum Gasteiger partial charge on any atom is 0.120 e. The van der Waals surface area contributed by atoms with Crippen LogP contribution in [-0.2, 0) is 0 Å². The van der Waals surface area contributed by atoms with Gasteiger partial charge in [-0.05, 0) is 24.6 Å². The minimum Gasteiger partial charge on any atom is -0.497 e. The molecule has 3 heteroatoms. The van der Waals surface area contributed by atoms with E-state index >= 15 is 0 Å². The third kappa shape index (κ3) is 2.05. The van der Waals surface area contributed by atoms with Gasteiger partial charge in [-0.3, -0.25) is 0 Å². The van der Waals surface area contributed by atoms with Gasteiger partial charge in [-0.25, -0.2) is 0 Å². The Labute approximate surface area is 82.2 Å². The molecule has 0 spiro atoms. The molecule has 12 heavy (non-hydrogen) atoms. The Hall–Kier alpha value is -0.400. The number of alkyl halides is 1. The Balaban J connectivity index is 3.03. The first-order valence-corrected chi connectivity index (χ1v) is 4.44. The summed E-state index contributed by atoms with van der Waals surface area (Å²) in [4.78, 5) is 0. The molecule has 0 N–H and O–H groups in total. The average Bonchev–Trinajstić information content (AvgIpc) is 2.03. The monoisotopic (exact) mass is 204 g/mol. The van der Waals surface area contributed by atoms with Gasteiger partial charge >= 0.3 is 0 Å². The quantitative estimate of drug-likeness (QED) is 0.669. The van der Waals surface area contributed by atoms with Gasteiger partial charge in [-0.2, -0.15) is 0 Å². The van der Waals surface area contributed by atoms with Crippen molar-refractivity contribution in [3.63, 3.8) is 0 Å². The summed E-state index contributed by atoms with van der Waals surface area (Å²) in [6.07, 6.45) is 0. The minimum absolute atomic E-state index is 0.0663. The molecule has 0 heterocycles. The fourth-order valence-electron chi connectivity index (χ4n) is 0.957. The first kappa shape index (κ1) is 9.69. The molecule has 0 aliphatic heterocycles. The highest BCUT2D eigenvalue weighted by atomic mass is 35.5. The Morgan fingerprint density at radius 3 is 2.50 bits per heavy atom. The van der Waals surface area contributed by atoms with Crippen molar-refractivity contribution in [1.82, 2.24) is 0 Å². The predicted octanol–water partition coefficient (Wildman–Crippen LogP) is 3.65. The third-order valence-electron chi connectivity index (χ3n) is 1.64. The van der Waals surface area contributed by atoms with Crippen LogP contribution in [0.3, 0.4) is 0 Å². The molecule has 1 unspecified atom stereocenters. The van der Waals surface area contributed by atoms with E-state index in [1.165, 1.54) is 0 Å². The standard InChI is InChI=1S/C9H10Cl2O/c1-6(10)8-4-3-7(12-2)5-9(8)11/h3-6H,1-2H3. The number of rotatable bonds is 2. The van der Waals surface area contributed by atoms with Crippen molar-refractivity contribution in [2.75, 3.05) is 7.11 Å². The van der Waals surface area contributed by atoms with Crippen LogP contribution < -0.4 is 4.74 Å². The van der Waals surface area contributed by atoms with E-state index < -0.39 is 0 Å². The van der Waals surface area contributed by atoms with E-state index in [0.29, 0.717) is 5.02 Å². The number of methoxy groups -OCH3 is 1. The summed E-state index contributed by atoms with van der Waals surface area (Å²) >= 11 is 11.8. The zero-order valence-electron chi connectivity index (χ0n) is 6.97. The van der Waals surface area contributed by atoms with E-state index in [1.54, 1.807) is 13.2 Å². The number of halogens is 2. The maximum absolute atomic E-state index is 5.94. The lowest BCUT2D eigenvalue weighted by atomic mass is 10.1. The lowest BCUT2D eigenvalue weighted by molar-refractivity contribution is 0.414. The lowest BCUT2D eigenvalue weighted by Gasteiger charge is -2.07. The molecular weight excluding hydrogens is 195 g/mol. The molecule has 0 fully saturated rings. The van der Waals surface area contributed by atoms with Gasteiger partial charge in [0.2, 0.25) is 0 Å². The van der Waals surface area contributed by atoms with Crippen LogP contribution in [0.1, 0.15) is 17.9 Å². The lowest BCUT2D eigenvalue weighted by Crippen LogP contribution is -1.88. The smallest absolute Gasteiger partial charge is 0.120 e. The van der Waals surface area contributed by atoms with Crippen LogP contribution >= 0.6 is 23.2 Å². The van der Waals surface area contributed by atoms with Crippen molar-refractivity contribution in [3.8, 4) is 5.75 Å². The van der Waals surface area contributed by atoms with Crippen molar-refractivity contribution < 1.29 is 4.74 Å². The van der Waals surface area contributed by atoms with Gasteiger partial charge in [0.25, 0.3) is 0 Å². The first-order chi connectivity index (χ1) is 5.65. The van der Waals surface area contributed by atoms with Crippen molar-refractivity contribution in [2.45, 2.75) is 12.3 Å². The molecule has 0 aliphatic rings. The fourth-order valence-corrected chi connectivity index (χ4v) is 1.54. The van der Waals surface area contributed by atoms with Gasteiger partial charge < -0.3 is 4.74 Å². The molecule has 1 aromatic rings. The van der Waals surface area contributed by atoms with E-state index in [-0.39, 0.29) is 5.38 Å². The normalized spacial score (nSPS) is 12.7. The molecular formula is C9H10Cl2O. The highest BCUT2D eigenvalue weighted by Gasteiger charge is 2.06. The SMILES string of the molecule is COc1ccc(C(C)Cl)c(Cl)c1. The van der Waals surface area contributed by atoms with Crippen LogP contribution in [0, 0.1) is 0 Å². The molecule has 0 aliphatic carbocycles. The van der Waals surface area contributed by atoms with E-state index in [2.05, 4.69) is 0 Å². The van der Waals surface area contributed by atoms with Crippen LogP contribution in [0.5, 0.6) is 5.75 Å². The molecule has 0 amide bonds. The summed E-state index contributed by atoms with van der Waals surface area (Å²) in [7, 11) is 1.61. The van der Waals surface area contributed by atoms with Gasteiger partial charge in [0.1, 0.15) is 5.75 Å². The van der Waals surface area contributed by atoms with Crippen molar-refractivity contribution in [2.24, 2.45) is 0 Å². The minimum atomic E-state index is -0.0663. The highest BCUT2D eigenvalue weighted by molar-refractivity contribution is 6.32. The largest absolute Gasteiger partial charge is 0.497 e. The molecule has 66 valence electrons. The fraction of sp³-hybridized carbons (Fsp3) is 0.333. The van der Waals surface area contributed by atoms with Crippen LogP contribution in [-0.4, -0.2) is 7.11 Å². The second-order valence-electron chi connectivity index (χ2n) is 2.50. The van der Waals surface area contributed by atoms with Gasteiger partial charge in [-0.1, -0.05) is 17.7 Å². The maximum atomic E-state index is 5.94. The van der Waals surface area contributed by atoms with Gasteiger partial charge in [0.15, 0.2) is 0 Å². The molecule has 1 nitrogen and oxygen atoms in total. The van der Waals surface area contributed by atoms with Crippen molar-refractivity contribution in [1.29, 1.82) is 0 Å². The summed E-state index contributed by atoms with van der Waals surface area (Å²) in [5, 5.41) is 0.584. The van der Waals surface area contributed by atoms with E-state index in [4.69, 9.17) is 27.9 Å². The molecule has 1 rings (SSSR count). The summed E-state index contributed by atoms with van der Waals surface area (Å²) in [6, 6.07) is 5.48. The Morgan fingerprint density at radius 1 is 1.42 bits per heavy atom. The molecule has 0 bridgehead atoms. The molecule has 1 atom stereocenters. The Morgan fingerprint density at radius 2 is 2.08 bits per heavy atom. The molecule has 0 saturated carbocycles. The van der Waals surface area contributed by atoms with Gasteiger partial charge in [-0.15, -0.1) is 11.6 Å². The summed E-state index contributed by atoms with van der Waals surface area (Å²) in [6.45, 7) is 1.88. The molecule has 1 aromatic carbocycles. The second kappa shape index (κ2) is 4.01. The zero-order chi connectivity index (χ0) is 9.14. The number of benzene rings is 1. The Bertz CT molecular complexity index is 271. The zero-order valence-corrected chi connectivity index (χ0v) is 8.49. The van der Waals surface area contributed by atoms with E-state index in [1.807, 2.05) is 19.1 Å². The Kier molecular flexibility index (Phi) is 3.24. The number of hydrogen-bond donors (Lipinski definition) is 0. The molecule has 0 aromatic heterocycles. The summed E-state index contributed by atoms with van der Waals surface area (Å²) in [5.41, 5.74) is 0.930. The van der Waals surface area contributed by atoms with Gasteiger partial charge in [0.05, 0.1) is 12.5 Å². The first-order valence-electron chi connectivity index (χ1n) is 3.62. The van der Waals surface area contributed by atoms with E-state index in [9.17, 15) is 0 Å². The van der Waals surface area contributed by atoms with Crippen LogP contribution in [0.25, 0.3) is 0 Å².